The summed E-state index contributed by atoms with van der Waals surface area (Å²) in [6.45, 7) is 3.39. The molecule has 5 fully saturated rings. The van der Waals surface area contributed by atoms with Gasteiger partial charge in [0.05, 0.1) is 36.2 Å². The lowest BCUT2D eigenvalue weighted by atomic mass is 9.55. The number of aliphatic hydroxyl groups excluding tert-OH is 1. The fraction of sp³-hybridized carbons (Fsp3) is 0.800. The van der Waals surface area contributed by atoms with Gasteiger partial charge in [-0.3, -0.25) is 24.0 Å². The molecule has 10 heteroatoms. The number of carboxylic acids is 2. The summed E-state index contributed by atoms with van der Waals surface area (Å²) in [7, 11) is 0. The zero-order valence-electron chi connectivity index (χ0n) is 19.7. The molecular formula is C25H32O10. The van der Waals surface area contributed by atoms with Crippen molar-refractivity contribution in [2.75, 3.05) is 13.2 Å². The van der Waals surface area contributed by atoms with E-state index in [4.69, 9.17) is 14.6 Å². The molecule has 0 aromatic carbocycles. The molecule has 35 heavy (non-hydrogen) atoms. The van der Waals surface area contributed by atoms with Crippen molar-refractivity contribution in [2.45, 2.75) is 33.1 Å². The van der Waals surface area contributed by atoms with E-state index in [0.29, 0.717) is 12.8 Å². The van der Waals surface area contributed by atoms with Gasteiger partial charge in [0.15, 0.2) is 0 Å². The van der Waals surface area contributed by atoms with E-state index in [0.717, 1.165) is 6.42 Å². The fourth-order valence-electron chi connectivity index (χ4n) is 9.24. The van der Waals surface area contributed by atoms with Crippen molar-refractivity contribution >= 4 is 29.8 Å². The van der Waals surface area contributed by atoms with Crippen LogP contribution in [-0.4, -0.2) is 58.4 Å². The molecule has 13 unspecified atom stereocenters. The predicted molar refractivity (Wildman–Crippen MR) is 115 cm³/mol. The monoisotopic (exact) mass is 492 g/mol. The van der Waals surface area contributed by atoms with Gasteiger partial charge >= 0.3 is 29.8 Å². The smallest absolute Gasteiger partial charge is 0.317 e. The van der Waals surface area contributed by atoms with Crippen molar-refractivity contribution in [3.63, 3.8) is 0 Å². The summed E-state index contributed by atoms with van der Waals surface area (Å²) in [4.78, 5) is 62.1. The fourth-order valence-corrected chi connectivity index (χ4v) is 9.24. The van der Waals surface area contributed by atoms with E-state index in [1.165, 1.54) is 0 Å². The maximum atomic E-state index is 12.8. The van der Waals surface area contributed by atoms with E-state index in [2.05, 4.69) is 6.92 Å². The van der Waals surface area contributed by atoms with Crippen molar-refractivity contribution in [2.24, 2.45) is 76.9 Å². The Balaban J connectivity index is 1.49. The highest BCUT2D eigenvalue weighted by Crippen LogP contribution is 2.69. The molecule has 3 N–H and O–H groups in total. The number of carboxylic acid groups (broad SMARTS) is 2. The number of ether oxygens (including phenoxy) is 2. The third-order valence-electron chi connectivity index (χ3n) is 10.2. The number of carbonyl (C=O) groups is 5. The van der Waals surface area contributed by atoms with E-state index >= 15 is 0 Å². The quantitative estimate of drug-likeness (QED) is 0.345. The average molecular weight is 493 g/mol. The van der Waals surface area contributed by atoms with Crippen molar-refractivity contribution in [3.8, 4) is 0 Å². The van der Waals surface area contributed by atoms with Crippen LogP contribution < -0.4 is 0 Å². The van der Waals surface area contributed by atoms with E-state index in [1.807, 2.05) is 0 Å². The van der Waals surface area contributed by atoms with Gasteiger partial charge in [-0.15, -0.1) is 0 Å². The topological polar surface area (TPSA) is 164 Å². The number of hydrogen-bond donors (Lipinski definition) is 3. The van der Waals surface area contributed by atoms with Crippen molar-refractivity contribution in [1.29, 1.82) is 0 Å². The van der Waals surface area contributed by atoms with Gasteiger partial charge in [-0.25, -0.2) is 0 Å². The number of esters is 3. The molecule has 13 atom stereocenters. The Labute approximate surface area is 202 Å². The molecule has 0 spiro atoms. The molecule has 4 aliphatic carbocycles. The third kappa shape index (κ3) is 3.42. The van der Waals surface area contributed by atoms with E-state index in [1.54, 1.807) is 6.92 Å². The molecule has 0 aromatic rings. The number of cyclic esters (lactones) is 2. The van der Waals surface area contributed by atoms with Crippen LogP contribution in [0.2, 0.25) is 0 Å². The molecule has 10 nitrogen and oxygen atoms in total. The van der Waals surface area contributed by atoms with Crippen LogP contribution in [-0.2, 0) is 33.4 Å². The minimum atomic E-state index is -1.17. The first-order valence-electron chi connectivity index (χ1n) is 12.6. The van der Waals surface area contributed by atoms with E-state index in [9.17, 15) is 34.2 Å². The maximum Gasteiger partial charge on any atom is 0.317 e. The standard InChI is InChI=1S/C25H32O10/c1-8-11-5-10(6-12(11)24(32)34-4-3-26)15(8)17-13-7-14(20(22(29)30)19(13)21(27)28)18(17)16-9(2)23(31)35-25(16)33/h8-20,26H,3-7H2,1-2H3,(H,27,28)(H,29,30). The predicted octanol–water partition coefficient (Wildman–Crippen LogP) is 1.05. The van der Waals surface area contributed by atoms with Crippen molar-refractivity contribution in [3.05, 3.63) is 0 Å². The average Bonchev–Trinajstić information content (AvgIpc) is 3.58. The molecule has 0 radical (unpaired) electrons. The van der Waals surface area contributed by atoms with Crippen LogP contribution in [0, 0.1) is 76.9 Å². The Kier molecular flexibility index (Phi) is 5.93. The van der Waals surface area contributed by atoms with Gasteiger partial charge in [0.1, 0.15) is 6.61 Å². The number of rotatable bonds is 7. The second kappa shape index (κ2) is 8.57. The largest absolute Gasteiger partial charge is 0.481 e. The highest BCUT2D eigenvalue weighted by Gasteiger charge is 2.70. The molecule has 1 saturated heterocycles. The van der Waals surface area contributed by atoms with Crippen LogP contribution in [0.4, 0.5) is 0 Å². The molecule has 0 aromatic heterocycles. The Hall–Kier alpha value is -2.49. The van der Waals surface area contributed by atoms with Gasteiger partial charge < -0.3 is 24.8 Å². The summed E-state index contributed by atoms with van der Waals surface area (Å²) in [6.07, 6.45) is 1.78. The summed E-state index contributed by atoms with van der Waals surface area (Å²) < 4.78 is 10.1. The zero-order chi connectivity index (χ0) is 25.3. The Morgan fingerprint density at radius 3 is 2.03 bits per heavy atom. The molecule has 5 rings (SSSR count). The summed E-state index contributed by atoms with van der Waals surface area (Å²) >= 11 is 0. The van der Waals surface area contributed by atoms with Crippen molar-refractivity contribution < 1.29 is 48.8 Å². The highest BCUT2D eigenvalue weighted by atomic mass is 16.6. The van der Waals surface area contributed by atoms with Gasteiger partial charge in [-0.1, -0.05) is 13.8 Å². The number of carbonyl (C=O) groups excluding carboxylic acids is 3. The molecule has 1 aliphatic heterocycles. The third-order valence-corrected chi connectivity index (χ3v) is 10.2. The second-order valence-electron chi connectivity index (χ2n) is 11.3. The Bertz CT molecular complexity index is 958. The molecule has 0 amide bonds. The minimum absolute atomic E-state index is 0.0224. The lowest BCUT2D eigenvalue weighted by Gasteiger charge is -2.47. The molecule has 4 bridgehead atoms. The summed E-state index contributed by atoms with van der Waals surface area (Å²) in [5, 5.41) is 29.0. The van der Waals surface area contributed by atoms with Crippen LogP contribution in [0.1, 0.15) is 33.1 Å². The molecule has 192 valence electrons. The van der Waals surface area contributed by atoms with Gasteiger partial charge in [-0.05, 0) is 66.6 Å². The SMILES string of the molecule is CC1C(=O)OC(=O)C1C1C2CC(C(C(=O)O)C2C(=O)O)C1C1C2CC(C(=O)OCCO)C(C2)C1C. The van der Waals surface area contributed by atoms with Gasteiger partial charge in [-0.2, -0.15) is 0 Å². The minimum Gasteiger partial charge on any atom is -0.481 e. The Morgan fingerprint density at radius 1 is 0.886 bits per heavy atom. The number of fused-ring (bicyclic) bond motifs is 4. The number of hydrogen-bond acceptors (Lipinski definition) is 8. The first kappa shape index (κ1) is 24.2. The van der Waals surface area contributed by atoms with Gasteiger partial charge in [0.25, 0.3) is 0 Å². The number of aliphatic carboxylic acids is 2. The Morgan fingerprint density at radius 2 is 1.51 bits per heavy atom. The lowest BCUT2D eigenvalue weighted by molar-refractivity contribution is -0.164. The highest BCUT2D eigenvalue weighted by molar-refractivity contribution is 5.96. The molecule has 4 saturated carbocycles. The van der Waals surface area contributed by atoms with Crippen LogP contribution in [0.3, 0.4) is 0 Å². The lowest BCUT2D eigenvalue weighted by Crippen LogP contribution is -2.50. The van der Waals surface area contributed by atoms with Crippen LogP contribution in [0.15, 0.2) is 0 Å². The summed E-state index contributed by atoms with van der Waals surface area (Å²) in [5.74, 6) is -9.18. The first-order valence-corrected chi connectivity index (χ1v) is 12.6. The van der Waals surface area contributed by atoms with Crippen LogP contribution >= 0.6 is 0 Å². The van der Waals surface area contributed by atoms with Crippen LogP contribution in [0.25, 0.3) is 0 Å². The van der Waals surface area contributed by atoms with Crippen molar-refractivity contribution in [1.82, 2.24) is 0 Å². The zero-order valence-corrected chi connectivity index (χ0v) is 19.7. The second-order valence-corrected chi connectivity index (χ2v) is 11.3. The maximum absolute atomic E-state index is 12.8. The van der Waals surface area contributed by atoms with E-state index in [-0.39, 0.29) is 54.7 Å². The molecule has 1 heterocycles. The van der Waals surface area contributed by atoms with Gasteiger partial charge in [0.2, 0.25) is 0 Å². The molecule has 5 aliphatic rings. The normalized spacial score (nSPS) is 47.8. The summed E-state index contributed by atoms with van der Waals surface area (Å²) in [5.41, 5.74) is 0. The van der Waals surface area contributed by atoms with Crippen LogP contribution in [0.5, 0.6) is 0 Å². The summed E-state index contributed by atoms with van der Waals surface area (Å²) in [6, 6.07) is 0. The van der Waals surface area contributed by atoms with E-state index < -0.39 is 65.3 Å². The van der Waals surface area contributed by atoms with Gasteiger partial charge in [0, 0.05) is 0 Å². The molecular weight excluding hydrogens is 460 g/mol. The first-order chi connectivity index (χ1) is 16.6. The number of aliphatic hydroxyl groups is 1.